The third-order valence-corrected chi connectivity index (χ3v) is 5.19. The monoisotopic (exact) mass is 373 g/mol. The van der Waals surface area contributed by atoms with Gasteiger partial charge in [0, 0.05) is 42.7 Å². The summed E-state index contributed by atoms with van der Waals surface area (Å²) in [5, 5.41) is 0. The summed E-state index contributed by atoms with van der Waals surface area (Å²) in [4.78, 5) is 23.7. The largest absolute Gasteiger partial charge is 0.496 e. The second kappa shape index (κ2) is 8.21. The molecule has 4 rings (SSSR count). The Kier molecular flexibility index (Phi) is 5.33. The van der Waals surface area contributed by atoms with Gasteiger partial charge in [0.05, 0.1) is 18.4 Å². The van der Waals surface area contributed by atoms with Crippen molar-refractivity contribution < 1.29 is 9.53 Å². The van der Waals surface area contributed by atoms with Crippen molar-refractivity contribution in [3.8, 4) is 17.0 Å². The Morgan fingerprint density at radius 3 is 2.82 bits per heavy atom. The summed E-state index contributed by atoms with van der Waals surface area (Å²) in [6.45, 7) is 1.45. The van der Waals surface area contributed by atoms with Crippen molar-refractivity contribution in [3.05, 3.63) is 78.2 Å². The number of piperidine rings is 1. The Hall–Kier alpha value is -3.21. The average Bonchev–Trinajstić information content (AvgIpc) is 2.79. The van der Waals surface area contributed by atoms with Crippen molar-refractivity contribution in [2.24, 2.45) is 0 Å². The summed E-state index contributed by atoms with van der Waals surface area (Å²) >= 11 is 0. The first-order valence-corrected chi connectivity index (χ1v) is 9.56. The fourth-order valence-electron chi connectivity index (χ4n) is 3.76. The normalized spacial score (nSPS) is 16.6. The second-order valence-electron chi connectivity index (χ2n) is 6.98. The van der Waals surface area contributed by atoms with Crippen molar-refractivity contribution in [1.29, 1.82) is 0 Å². The molecule has 5 nitrogen and oxygen atoms in total. The van der Waals surface area contributed by atoms with Crippen LogP contribution in [0.25, 0.3) is 11.3 Å². The average molecular weight is 373 g/mol. The minimum absolute atomic E-state index is 0.0404. The molecule has 0 radical (unpaired) electrons. The summed E-state index contributed by atoms with van der Waals surface area (Å²) in [7, 11) is 1.67. The van der Waals surface area contributed by atoms with Gasteiger partial charge in [0.25, 0.3) is 5.91 Å². The van der Waals surface area contributed by atoms with Crippen LogP contribution in [-0.4, -0.2) is 41.0 Å². The third-order valence-electron chi connectivity index (χ3n) is 5.19. The smallest absolute Gasteiger partial charge is 0.255 e. The van der Waals surface area contributed by atoms with E-state index in [1.54, 1.807) is 25.6 Å². The minimum Gasteiger partial charge on any atom is -0.496 e. The Morgan fingerprint density at radius 1 is 1.11 bits per heavy atom. The first-order valence-electron chi connectivity index (χ1n) is 9.56. The molecule has 0 aliphatic carbocycles. The lowest BCUT2D eigenvalue weighted by atomic mass is 9.93. The Morgan fingerprint density at radius 2 is 2.00 bits per heavy atom. The van der Waals surface area contributed by atoms with Crippen LogP contribution in [-0.2, 0) is 0 Å². The zero-order valence-electron chi connectivity index (χ0n) is 15.9. The Labute approximate surface area is 165 Å². The molecule has 0 N–H and O–H groups in total. The predicted molar refractivity (Wildman–Crippen MR) is 108 cm³/mol. The molecule has 1 fully saturated rings. The number of hydrogen-bond acceptors (Lipinski definition) is 4. The number of aromatic nitrogens is 2. The van der Waals surface area contributed by atoms with Crippen molar-refractivity contribution in [2.75, 3.05) is 20.2 Å². The van der Waals surface area contributed by atoms with E-state index < -0.39 is 0 Å². The van der Waals surface area contributed by atoms with E-state index in [1.807, 2.05) is 47.4 Å². The molecule has 0 spiro atoms. The van der Waals surface area contributed by atoms with Gasteiger partial charge in [0.15, 0.2) is 0 Å². The maximum absolute atomic E-state index is 12.8. The highest BCUT2D eigenvalue weighted by molar-refractivity contribution is 5.94. The molecule has 5 heteroatoms. The van der Waals surface area contributed by atoms with E-state index in [0.29, 0.717) is 12.1 Å². The first kappa shape index (κ1) is 18.2. The van der Waals surface area contributed by atoms with Gasteiger partial charge in [-0.2, -0.15) is 0 Å². The van der Waals surface area contributed by atoms with Gasteiger partial charge >= 0.3 is 0 Å². The molecule has 1 atom stereocenters. The van der Waals surface area contributed by atoms with Gasteiger partial charge in [-0.15, -0.1) is 0 Å². The molecule has 1 aliphatic rings. The molecule has 1 aromatic carbocycles. The zero-order chi connectivity index (χ0) is 19.3. The van der Waals surface area contributed by atoms with Crippen LogP contribution in [0.1, 0.15) is 34.8 Å². The second-order valence-corrected chi connectivity index (χ2v) is 6.98. The zero-order valence-corrected chi connectivity index (χ0v) is 15.9. The SMILES string of the molecule is COc1ccccc1-c1cccc(C2CCCN(C(=O)c3cccnc3)C2)n1. The number of amides is 1. The molecule has 28 heavy (non-hydrogen) atoms. The summed E-state index contributed by atoms with van der Waals surface area (Å²) in [5.41, 5.74) is 3.53. The number of para-hydroxylation sites is 1. The van der Waals surface area contributed by atoms with E-state index >= 15 is 0 Å². The maximum atomic E-state index is 12.8. The number of carbonyl (C=O) groups is 1. The summed E-state index contributed by atoms with van der Waals surface area (Å²) in [5.74, 6) is 1.08. The highest BCUT2D eigenvalue weighted by Crippen LogP contribution is 2.31. The summed E-state index contributed by atoms with van der Waals surface area (Å²) in [6, 6.07) is 17.6. The fourth-order valence-corrected chi connectivity index (χ4v) is 3.76. The van der Waals surface area contributed by atoms with Gasteiger partial charge in [0.1, 0.15) is 5.75 Å². The quantitative estimate of drug-likeness (QED) is 0.689. The van der Waals surface area contributed by atoms with Crippen LogP contribution in [0.3, 0.4) is 0 Å². The number of rotatable bonds is 4. The third kappa shape index (κ3) is 3.74. The minimum atomic E-state index is 0.0404. The van der Waals surface area contributed by atoms with E-state index in [4.69, 9.17) is 9.72 Å². The van der Waals surface area contributed by atoms with E-state index in [1.165, 1.54) is 0 Å². The van der Waals surface area contributed by atoms with Crippen molar-refractivity contribution in [2.45, 2.75) is 18.8 Å². The van der Waals surface area contributed by atoms with Crippen LogP contribution in [0.5, 0.6) is 5.75 Å². The van der Waals surface area contributed by atoms with Crippen molar-refractivity contribution >= 4 is 5.91 Å². The lowest BCUT2D eigenvalue weighted by molar-refractivity contribution is 0.0705. The molecular weight excluding hydrogens is 350 g/mol. The Bertz CT molecular complexity index is 959. The van der Waals surface area contributed by atoms with E-state index in [0.717, 1.165) is 42.1 Å². The number of pyridine rings is 2. The maximum Gasteiger partial charge on any atom is 0.255 e. The van der Waals surface area contributed by atoms with Gasteiger partial charge in [0.2, 0.25) is 0 Å². The topological polar surface area (TPSA) is 55.3 Å². The highest BCUT2D eigenvalue weighted by Gasteiger charge is 2.26. The van der Waals surface area contributed by atoms with Gasteiger partial charge in [-0.1, -0.05) is 18.2 Å². The van der Waals surface area contributed by atoms with Gasteiger partial charge < -0.3 is 9.64 Å². The predicted octanol–water partition coefficient (Wildman–Crippen LogP) is 4.17. The fraction of sp³-hybridized carbons (Fsp3) is 0.261. The van der Waals surface area contributed by atoms with Crippen molar-refractivity contribution in [3.63, 3.8) is 0 Å². The molecule has 0 saturated carbocycles. The van der Waals surface area contributed by atoms with E-state index in [9.17, 15) is 4.79 Å². The highest BCUT2D eigenvalue weighted by atomic mass is 16.5. The van der Waals surface area contributed by atoms with Crippen LogP contribution in [0.4, 0.5) is 0 Å². The van der Waals surface area contributed by atoms with Crippen LogP contribution in [0, 0.1) is 0 Å². The molecule has 142 valence electrons. The lowest BCUT2D eigenvalue weighted by Crippen LogP contribution is -2.39. The standard InChI is InChI=1S/C23H23N3O2/c1-28-22-12-3-2-9-19(22)21-11-4-10-20(25-21)18-8-6-14-26(16-18)23(27)17-7-5-13-24-15-17/h2-5,7,9-13,15,18H,6,8,14,16H2,1H3. The van der Waals surface area contributed by atoms with Gasteiger partial charge in [-0.05, 0) is 49.2 Å². The number of ether oxygens (including phenoxy) is 1. The summed E-state index contributed by atoms with van der Waals surface area (Å²) < 4.78 is 5.48. The van der Waals surface area contributed by atoms with Crippen LogP contribution >= 0.6 is 0 Å². The molecular formula is C23H23N3O2. The van der Waals surface area contributed by atoms with Gasteiger partial charge in [-0.3, -0.25) is 14.8 Å². The number of likely N-dealkylation sites (tertiary alicyclic amines) is 1. The van der Waals surface area contributed by atoms with E-state index in [-0.39, 0.29) is 11.8 Å². The number of carbonyl (C=O) groups excluding carboxylic acids is 1. The number of methoxy groups -OCH3 is 1. The summed E-state index contributed by atoms with van der Waals surface area (Å²) in [6.07, 6.45) is 5.31. The van der Waals surface area contributed by atoms with Gasteiger partial charge in [-0.25, -0.2) is 0 Å². The molecule has 1 saturated heterocycles. The van der Waals surface area contributed by atoms with Crippen LogP contribution < -0.4 is 4.74 Å². The molecule has 1 aliphatic heterocycles. The molecule has 2 aromatic heterocycles. The van der Waals surface area contributed by atoms with Crippen LogP contribution in [0.15, 0.2) is 67.0 Å². The van der Waals surface area contributed by atoms with Crippen LogP contribution in [0.2, 0.25) is 0 Å². The Balaban J connectivity index is 1.57. The molecule has 1 unspecified atom stereocenters. The lowest BCUT2D eigenvalue weighted by Gasteiger charge is -2.32. The number of benzene rings is 1. The van der Waals surface area contributed by atoms with E-state index in [2.05, 4.69) is 11.1 Å². The number of nitrogens with zero attached hydrogens (tertiary/aromatic N) is 3. The molecule has 3 aromatic rings. The number of hydrogen-bond donors (Lipinski definition) is 0. The molecule has 0 bridgehead atoms. The molecule has 1 amide bonds. The molecule has 3 heterocycles. The van der Waals surface area contributed by atoms with Crippen molar-refractivity contribution in [1.82, 2.24) is 14.9 Å². The first-order chi connectivity index (χ1) is 13.8.